The standard InChI is InChI=1S/C14H14F10/c15-11(16,13(19,20)21)9-2-7-1-8(4-9)5-10(3-7,6-9)12(17,18)14(22,23)24/h7-8H,1-6H2. The minimum absolute atomic E-state index is 0.130. The Kier molecular flexibility index (Phi) is 3.41. The molecule has 140 valence electrons. The van der Waals surface area contributed by atoms with E-state index < -0.39 is 79.0 Å². The van der Waals surface area contributed by atoms with E-state index in [1.165, 1.54) is 0 Å². The van der Waals surface area contributed by atoms with Crippen LogP contribution >= 0.6 is 0 Å². The normalized spacial score (nSPS) is 40.2. The van der Waals surface area contributed by atoms with Crippen LogP contribution in [0.5, 0.6) is 0 Å². The van der Waals surface area contributed by atoms with Crippen molar-refractivity contribution in [2.75, 3.05) is 0 Å². The highest BCUT2D eigenvalue weighted by Crippen LogP contribution is 2.75. The molecule has 4 aliphatic rings. The minimum atomic E-state index is -5.98. The van der Waals surface area contributed by atoms with E-state index in [-0.39, 0.29) is 6.42 Å². The first-order valence-corrected chi connectivity index (χ1v) is 7.46. The Hall–Kier alpha value is -0.700. The Morgan fingerprint density at radius 1 is 0.542 bits per heavy atom. The number of hydrogen-bond acceptors (Lipinski definition) is 0. The number of hydrogen-bond donors (Lipinski definition) is 0. The molecule has 0 aliphatic heterocycles. The zero-order valence-electron chi connectivity index (χ0n) is 12.2. The molecule has 0 atom stereocenters. The molecule has 4 bridgehead atoms. The summed E-state index contributed by atoms with van der Waals surface area (Å²) in [5.74, 6) is -12.5. The molecule has 10 heteroatoms. The van der Waals surface area contributed by atoms with Crippen LogP contribution in [0.4, 0.5) is 43.9 Å². The van der Waals surface area contributed by atoms with Crippen LogP contribution in [0, 0.1) is 22.7 Å². The van der Waals surface area contributed by atoms with Gasteiger partial charge in [0.15, 0.2) is 0 Å². The predicted octanol–water partition coefficient (Wildman–Crippen LogP) is 5.97. The molecule has 4 rings (SSSR count). The van der Waals surface area contributed by atoms with Gasteiger partial charge in [0.2, 0.25) is 0 Å². The smallest absolute Gasteiger partial charge is 0.196 e. The summed E-state index contributed by atoms with van der Waals surface area (Å²) < 4.78 is 133. The van der Waals surface area contributed by atoms with Gasteiger partial charge < -0.3 is 0 Å². The topological polar surface area (TPSA) is 0 Å². The Morgan fingerprint density at radius 3 is 1.08 bits per heavy atom. The number of alkyl halides is 10. The molecule has 0 amide bonds. The van der Waals surface area contributed by atoms with Gasteiger partial charge in [0, 0.05) is 10.8 Å². The molecule has 0 aromatic rings. The molecule has 4 saturated carbocycles. The Bertz CT molecular complexity index is 471. The second-order valence-corrected chi connectivity index (χ2v) is 7.67. The predicted molar refractivity (Wildman–Crippen MR) is 61.6 cm³/mol. The van der Waals surface area contributed by atoms with Gasteiger partial charge in [-0.25, -0.2) is 0 Å². The van der Waals surface area contributed by atoms with Crippen molar-refractivity contribution in [1.29, 1.82) is 0 Å². The van der Waals surface area contributed by atoms with Crippen LogP contribution in [-0.4, -0.2) is 24.2 Å². The Balaban J connectivity index is 2.09. The summed E-state index contributed by atoms with van der Waals surface area (Å²) in [6.07, 6.45) is -15.9. The quantitative estimate of drug-likeness (QED) is 0.524. The molecular formula is C14H14F10. The lowest BCUT2D eigenvalue weighted by Gasteiger charge is -2.64. The van der Waals surface area contributed by atoms with Gasteiger partial charge >= 0.3 is 24.2 Å². The largest absolute Gasteiger partial charge is 0.453 e. The third kappa shape index (κ3) is 2.06. The van der Waals surface area contributed by atoms with Crippen molar-refractivity contribution in [3.05, 3.63) is 0 Å². The van der Waals surface area contributed by atoms with Crippen LogP contribution in [0.15, 0.2) is 0 Å². The van der Waals surface area contributed by atoms with Crippen molar-refractivity contribution in [1.82, 2.24) is 0 Å². The third-order valence-corrected chi connectivity index (χ3v) is 6.11. The molecule has 0 aromatic carbocycles. The SMILES string of the molecule is FC(F)(F)C(F)(F)C12CC3CC(C1)CC(C(F)(F)C(F)(F)F)(C3)C2. The van der Waals surface area contributed by atoms with Crippen LogP contribution in [0.1, 0.15) is 38.5 Å². The molecule has 4 fully saturated rings. The van der Waals surface area contributed by atoms with Crippen molar-refractivity contribution in [2.24, 2.45) is 22.7 Å². The Morgan fingerprint density at radius 2 is 0.833 bits per heavy atom. The zero-order chi connectivity index (χ0) is 18.4. The maximum Gasteiger partial charge on any atom is 0.453 e. The lowest BCUT2D eigenvalue weighted by molar-refractivity contribution is -0.390. The van der Waals surface area contributed by atoms with Gasteiger partial charge in [-0.05, 0) is 50.4 Å². The highest BCUT2D eigenvalue weighted by atomic mass is 19.4. The van der Waals surface area contributed by atoms with E-state index in [9.17, 15) is 43.9 Å². The molecule has 0 N–H and O–H groups in total. The van der Waals surface area contributed by atoms with Crippen molar-refractivity contribution >= 4 is 0 Å². The summed E-state index contributed by atoms with van der Waals surface area (Å²) in [5, 5.41) is 0. The first-order chi connectivity index (χ1) is 10.6. The molecule has 0 aromatic heterocycles. The summed E-state index contributed by atoms with van der Waals surface area (Å²) in [7, 11) is 0. The summed E-state index contributed by atoms with van der Waals surface area (Å²) in [4.78, 5) is 0. The van der Waals surface area contributed by atoms with E-state index in [1.807, 2.05) is 0 Å². The molecular weight excluding hydrogens is 358 g/mol. The zero-order valence-corrected chi connectivity index (χ0v) is 12.2. The molecule has 4 aliphatic carbocycles. The molecule has 0 heterocycles. The Labute approximate surface area is 130 Å². The second kappa shape index (κ2) is 4.52. The average molecular weight is 372 g/mol. The summed E-state index contributed by atoms with van der Waals surface area (Å²) in [6, 6.07) is 0. The average Bonchev–Trinajstić information content (AvgIpc) is 2.33. The lowest BCUT2D eigenvalue weighted by Crippen LogP contribution is -2.68. The molecule has 0 nitrogen and oxygen atoms in total. The van der Waals surface area contributed by atoms with Gasteiger partial charge in [0.25, 0.3) is 0 Å². The van der Waals surface area contributed by atoms with Crippen molar-refractivity contribution < 1.29 is 43.9 Å². The van der Waals surface area contributed by atoms with E-state index in [0.717, 1.165) is 0 Å². The van der Waals surface area contributed by atoms with Gasteiger partial charge in [-0.1, -0.05) is 0 Å². The summed E-state index contributed by atoms with van der Waals surface area (Å²) >= 11 is 0. The second-order valence-electron chi connectivity index (χ2n) is 7.67. The molecule has 0 radical (unpaired) electrons. The van der Waals surface area contributed by atoms with Crippen molar-refractivity contribution in [3.8, 4) is 0 Å². The van der Waals surface area contributed by atoms with E-state index in [0.29, 0.717) is 0 Å². The van der Waals surface area contributed by atoms with E-state index >= 15 is 0 Å². The molecule has 0 saturated heterocycles. The van der Waals surface area contributed by atoms with Crippen LogP contribution in [0.25, 0.3) is 0 Å². The van der Waals surface area contributed by atoms with Crippen LogP contribution in [0.2, 0.25) is 0 Å². The fourth-order valence-corrected chi connectivity index (χ4v) is 5.60. The summed E-state index contributed by atoms with van der Waals surface area (Å²) in [5.41, 5.74) is -5.74. The first-order valence-electron chi connectivity index (χ1n) is 7.46. The van der Waals surface area contributed by atoms with Gasteiger partial charge in [-0.3, -0.25) is 0 Å². The number of rotatable bonds is 2. The fourth-order valence-electron chi connectivity index (χ4n) is 5.60. The monoisotopic (exact) mass is 372 g/mol. The number of halogens is 10. The van der Waals surface area contributed by atoms with Crippen LogP contribution < -0.4 is 0 Å². The molecule has 0 unspecified atom stereocenters. The van der Waals surface area contributed by atoms with Gasteiger partial charge in [0.05, 0.1) is 0 Å². The van der Waals surface area contributed by atoms with Gasteiger partial charge in [-0.15, -0.1) is 0 Å². The fraction of sp³-hybridized carbons (Fsp3) is 1.00. The molecule has 0 spiro atoms. The van der Waals surface area contributed by atoms with Gasteiger partial charge in [0.1, 0.15) is 0 Å². The highest BCUT2D eigenvalue weighted by molar-refractivity contribution is 5.17. The maximum absolute atomic E-state index is 14.1. The van der Waals surface area contributed by atoms with Crippen molar-refractivity contribution in [3.63, 3.8) is 0 Å². The van der Waals surface area contributed by atoms with E-state index in [2.05, 4.69) is 0 Å². The van der Waals surface area contributed by atoms with Crippen LogP contribution in [0.3, 0.4) is 0 Å². The minimum Gasteiger partial charge on any atom is -0.196 e. The van der Waals surface area contributed by atoms with Crippen LogP contribution in [-0.2, 0) is 0 Å². The molecule has 24 heavy (non-hydrogen) atoms. The summed E-state index contributed by atoms with van der Waals surface area (Å²) in [6.45, 7) is 0. The van der Waals surface area contributed by atoms with Gasteiger partial charge in [-0.2, -0.15) is 43.9 Å². The van der Waals surface area contributed by atoms with E-state index in [1.54, 1.807) is 0 Å². The highest BCUT2D eigenvalue weighted by Gasteiger charge is 2.81. The first kappa shape index (κ1) is 18.1. The van der Waals surface area contributed by atoms with Crippen molar-refractivity contribution in [2.45, 2.75) is 62.7 Å². The lowest BCUT2D eigenvalue weighted by atomic mass is 9.41. The van der Waals surface area contributed by atoms with E-state index in [4.69, 9.17) is 0 Å². The third-order valence-electron chi connectivity index (χ3n) is 6.11. The maximum atomic E-state index is 14.1.